The Morgan fingerprint density at radius 1 is 1.17 bits per heavy atom. The molecule has 1 aromatic heterocycles. The number of carbonyl (C=O) groups is 1. The van der Waals surface area contributed by atoms with E-state index < -0.39 is 0 Å². The first kappa shape index (κ1) is 16.0. The number of halogens is 1. The van der Waals surface area contributed by atoms with Crippen LogP contribution in [0.1, 0.15) is 10.4 Å². The molecule has 0 aliphatic rings. The summed E-state index contributed by atoms with van der Waals surface area (Å²) < 4.78 is 5.25. The molecule has 5 nitrogen and oxygen atoms in total. The molecule has 3 rings (SSSR count). The summed E-state index contributed by atoms with van der Waals surface area (Å²) in [5.41, 5.74) is 2.25. The molecule has 0 bridgehead atoms. The van der Waals surface area contributed by atoms with Gasteiger partial charge in [0.2, 0.25) is 0 Å². The molecule has 3 aromatic rings. The number of benzene rings is 2. The van der Waals surface area contributed by atoms with E-state index >= 15 is 0 Å². The first-order valence-electron chi connectivity index (χ1n) is 7.19. The van der Waals surface area contributed by atoms with Crippen molar-refractivity contribution in [2.75, 3.05) is 12.4 Å². The second-order valence-electron chi connectivity index (χ2n) is 4.95. The molecule has 0 unspecified atom stereocenters. The Labute approximate surface area is 144 Å². The molecular formula is C18H14ClN3O2. The van der Waals surface area contributed by atoms with E-state index in [4.69, 9.17) is 16.3 Å². The fourth-order valence-electron chi connectivity index (χ4n) is 2.29. The van der Waals surface area contributed by atoms with Gasteiger partial charge in [0.05, 0.1) is 24.1 Å². The lowest BCUT2D eigenvalue weighted by Crippen LogP contribution is -2.15. The number of nitrogens with one attached hydrogen (secondary N) is 1. The van der Waals surface area contributed by atoms with Crippen LogP contribution < -0.4 is 10.1 Å². The minimum absolute atomic E-state index is 0.338. The lowest BCUT2D eigenvalue weighted by molar-refractivity contribution is 0.102. The van der Waals surface area contributed by atoms with E-state index in [1.807, 2.05) is 30.3 Å². The zero-order valence-corrected chi connectivity index (χ0v) is 13.6. The molecule has 1 amide bonds. The van der Waals surface area contributed by atoms with Crippen molar-refractivity contribution in [3.63, 3.8) is 0 Å². The lowest BCUT2D eigenvalue weighted by atomic mass is 10.1. The summed E-state index contributed by atoms with van der Waals surface area (Å²) >= 11 is 6.00. The van der Waals surface area contributed by atoms with E-state index in [1.165, 1.54) is 19.6 Å². The Morgan fingerprint density at radius 2 is 1.96 bits per heavy atom. The van der Waals surface area contributed by atoms with Crippen LogP contribution in [0.5, 0.6) is 5.75 Å². The Morgan fingerprint density at radius 3 is 2.71 bits per heavy atom. The van der Waals surface area contributed by atoms with Crippen LogP contribution in [0, 0.1) is 0 Å². The molecule has 6 heteroatoms. The van der Waals surface area contributed by atoms with E-state index in [2.05, 4.69) is 15.3 Å². The molecule has 2 aromatic carbocycles. The predicted molar refractivity (Wildman–Crippen MR) is 93.4 cm³/mol. The number of rotatable bonds is 4. The number of ether oxygens (including phenoxy) is 1. The topological polar surface area (TPSA) is 64.1 Å². The molecular weight excluding hydrogens is 326 g/mol. The van der Waals surface area contributed by atoms with E-state index in [0.717, 1.165) is 5.56 Å². The van der Waals surface area contributed by atoms with Crippen molar-refractivity contribution in [3.8, 4) is 17.0 Å². The third-order valence-corrected chi connectivity index (χ3v) is 3.65. The van der Waals surface area contributed by atoms with Crippen molar-refractivity contribution >= 4 is 23.2 Å². The number of carbonyl (C=O) groups excluding carboxylic acids is 1. The van der Waals surface area contributed by atoms with Crippen LogP contribution in [0.2, 0.25) is 5.02 Å². The first-order valence-corrected chi connectivity index (χ1v) is 7.57. The first-order chi connectivity index (χ1) is 11.7. The van der Waals surface area contributed by atoms with Crippen LogP contribution in [0.25, 0.3) is 11.3 Å². The number of anilines is 1. The highest BCUT2D eigenvalue weighted by Gasteiger charge is 2.16. The van der Waals surface area contributed by atoms with Crippen molar-refractivity contribution < 1.29 is 9.53 Å². The van der Waals surface area contributed by atoms with Gasteiger partial charge in [-0.25, -0.2) is 9.97 Å². The zero-order valence-electron chi connectivity index (χ0n) is 12.9. The quantitative estimate of drug-likeness (QED) is 0.778. The van der Waals surface area contributed by atoms with Gasteiger partial charge in [0.15, 0.2) is 0 Å². The van der Waals surface area contributed by atoms with E-state index in [1.54, 1.807) is 18.2 Å². The predicted octanol–water partition coefficient (Wildman–Crippen LogP) is 4.06. The molecule has 0 atom stereocenters. The molecule has 120 valence electrons. The van der Waals surface area contributed by atoms with Gasteiger partial charge in [-0.15, -0.1) is 0 Å². The van der Waals surface area contributed by atoms with Crippen molar-refractivity contribution in [1.82, 2.24) is 9.97 Å². The van der Waals surface area contributed by atoms with Crippen molar-refractivity contribution in [3.05, 3.63) is 71.6 Å². The molecule has 1 heterocycles. The monoisotopic (exact) mass is 339 g/mol. The SMILES string of the molecule is COc1ccc(Cl)cc1NC(=O)c1cncnc1-c1ccccc1. The number of hydrogen-bond acceptors (Lipinski definition) is 4. The maximum Gasteiger partial charge on any atom is 0.259 e. The van der Waals surface area contributed by atoms with Crippen LogP contribution in [-0.4, -0.2) is 23.0 Å². The van der Waals surface area contributed by atoms with Gasteiger partial charge < -0.3 is 10.1 Å². The summed E-state index contributed by atoms with van der Waals surface area (Å²) in [5.74, 6) is 0.181. The smallest absolute Gasteiger partial charge is 0.259 e. The summed E-state index contributed by atoms with van der Waals surface area (Å²) in [6.45, 7) is 0. The summed E-state index contributed by atoms with van der Waals surface area (Å²) in [6, 6.07) is 14.5. The Bertz CT molecular complexity index is 869. The number of amides is 1. The number of hydrogen-bond donors (Lipinski definition) is 1. The molecule has 0 radical (unpaired) electrons. The Kier molecular flexibility index (Phi) is 4.72. The molecule has 0 aliphatic heterocycles. The maximum absolute atomic E-state index is 12.7. The largest absolute Gasteiger partial charge is 0.495 e. The summed E-state index contributed by atoms with van der Waals surface area (Å²) in [6.07, 6.45) is 2.90. The molecule has 0 aliphatic carbocycles. The minimum atomic E-state index is -0.338. The zero-order chi connectivity index (χ0) is 16.9. The minimum Gasteiger partial charge on any atom is -0.495 e. The van der Waals surface area contributed by atoms with Gasteiger partial charge in [0.25, 0.3) is 5.91 Å². The standard InChI is InChI=1S/C18H14ClN3O2/c1-24-16-8-7-13(19)9-15(16)22-18(23)14-10-20-11-21-17(14)12-5-3-2-4-6-12/h2-11H,1H3,(H,22,23). The van der Waals surface area contributed by atoms with Crippen LogP contribution in [-0.2, 0) is 0 Å². The summed E-state index contributed by atoms with van der Waals surface area (Å²) in [5, 5.41) is 3.30. The fraction of sp³-hybridized carbons (Fsp3) is 0.0556. The highest BCUT2D eigenvalue weighted by Crippen LogP contribution is 2.29. The molecule has 0 saturated heterocycles. The lowest BCUT2D eigenvalue weighted by Gasteiger charge is -2.12. The number of aromatic nitrogens is 2. The van der Waals surface area contributed by atoms with Gasteiger partial charge in [-0.3, -0.25) is 4.79 Å². The van der Waals surface area contributed by atoms with E-state index in [-0.39, 0.29) is 5.91 Å². The average Bonchev–Trinajstić information content (AvgIpc) is 2.62. The fourth-order valence-corrected chi connectivity index (χ4v) is 2.46. The second kappa shape index (κ2) is 7.10. The summed E-state index contributed by atoms with van der Waals surface area (Å²) in [4.78, 5) is 20.9. The Hall–Kier alpha value is -2.92. The molecule has 1 N–H and O–H groups in total. The van der Waals surface area contributed by atoms with Crippen LogP contribution in [0.15, 0.2) is 61.1 Å². The van der Waals surface area contributed by atoms with Gasteiger partial charge in [0.1, 0.15) is 12.1 Å². The highest BCUT2D eigenvalue weighted by atomic mass is 35.5. The normalized spacial score (nSPS) is 10.2. The molecule has 0 fully saturated rings. The van der Waals surface area contributed by atoms with Gasteiger partial charge in [-0.05, 0) is 18.2 Å². The van der Waals surface area contributed by atoms with Gasteiger partial charge in [0, 0.05) is 16.8 Å². The Balaban J connectivity index is 1.96. The average molecular weight is 340 g/mol. The number of nitrogens with zero attached hydrogens (tertiary/aromatic N) is 2. The second-order valence-corrected chi connectivity index (χ2v) is 5.39. The molecule has 24 heavy (non-hydrogen) atoms. The van der Waals surface area contributed by atoms with Gasteiger partial charge in [-0.1, -0.05) is 41.9 Å². The van der Waals surface area contributed by atoms with Crippen molar-refractivity contribution in [2.24, 2.45) is 0 Å². The van der Waals surface area contributed by atoms with Crippen molar-refractivity contribution in [1.29, 1.82) is 0 Å². The van der Waals surface area contributed by atoms with Crippen LogP contribution >= 0.6 is 11.6 Å². The van der Waals surface area contributed by atoms with E-state index in [9.17, 15) is 4.79 Å². The van der Waals surface area contributed by atoms with Crippen LogP contribution in [0.4, 0.5) is 5.69 Å². The summed E-state index contributed by atoms with van der Waals surface area (Å²) in [7, 11) is 1.53. The highest BCUT2D eigenvalue weighted by molar-refractivity contribution is 6.31. The third-order valence-electron chi connectivity index (χ3n) is 3.41. The molecule has 0 saturated carbocycles. The van der Waals surface area contributed by atoms with Crippen LogP contribution in [0.3, 0.4) is 0 Å². The van der Waals surface area contributed by atoms with Gasteiger partial charge >= 0.3 is 0 Å². The molecule has 0 spiro atoms. The third kappa shape index (κ3) is 3.36. The van der Waals surface area contributed by atoms with Crippen molar-refractivity contribution in [2.45, 2.75) is 0 Å². The van der Waals surface area contributed by atoms with E-state index in [0.29, 0.717) is 27.7 Å². The van der Waals surface area contributed by atoms with Gasteiger partial charge in [-0.2, -0.15) is 0 Å². The number of methoxy groups -OCH3 is 1. The maximum atomic E-state index is 12.7.